The second kappa shape index (κ2) is 8.04. The molecule has 1 rings (SSSR count). The van der Waals surface area contributed by atoms with Crippen LogP contribution in [0, 0.1) is 5.92 Å². The quantitative estimate of drug-likeness (QED) is 0.784. The van der Waals surface area contributed by atoms with Gasteiger partial charge in [-0.05, 0) is 31.4 Å². The van der Waals surface area contributed by atoms with Gasteiger partial charge in [0.25, 0.3) is 5.91 Å². The van der Waals surface area contributed by atoms with Crippen LogP contribution in [-0.2, 0) is 4.74 Å². The fraction of sp³-hybridized carbons (Fsp3) is 0.600. The highest BCUT2D eigenvalue weighted by Crippen LogP contribution is 2.17. The van der Waals surface area contributed by atoms with E-state index in [1.54, 1.807) is 12.1 Å². The third-order valence-electron chi connectivity index (χ3n) is 3.01. The van der Waals surface area contributed by atoms with Crippen LogP contribution < -0.4 is 5.32 Å². The number of esters is 1. The molecule has 1 heterocycles. The van der Waals surface area contributed by atoms with Gasteiger partial charge in [-0.2, -0.15) is 0 Å². The summed E-state index contributed by atoms with van der Waals surface area (Å²) in [7, 11) is 1.33. The first-order valence-corrected chi connectivity index (χ1v) is 7.74. The zero-order valence-corrected chi connectivity index (χ0v) is 13.4. The average molecular weight is 297 g/mol. The zero-order valence-electron chi connectivity index (χ0n) is 12.6. The van der Waals surface area contributed by atoms with Crippen LogP contribution in [0.15, 0.2) is 12.1 Å². The predicted octanol–water partition coefficient (Wildman–Crippen LogP) is 3.48. The van der Waals surface area contributed by atoms with Crippen molar-refractivity contribution in [3.63, 3.8) is 0 Å². The normalized spacial score (nSPS) is 12.2. The van der Waals surface area contributed by atoms with Crippen LogP contribution in [-0.4, -0.2) is 25.0 Å². The Morgan fingerprint density at radius 3 is 2.45 bits per heavy atom. The van der Waals surface area contributed by atoms with Gasteiger partial charge in [0.2, 0.25) is 0 Å². The van der Waals surface area contributed by atoms with Gasteiger partial charge < -0.3 is 10.1 Å². The smallest absolute Gasteiger partial charge is 0.348 e. The molecule has 0 aliphatic carbocycles. The largest absolute Gasteiger partial charge is 0.465 e. The number of methoxy groups -OCH3 is 1. The maximum absolute atomic E-state index is 12.0. The first kappa shape index (κ1) is 16.7. The van der Waals surface area contributed by atoms with Crippen molar-refractivity contribution in [2.75, 3.05) is 7.11 Å². The zero-order chi connectivity index (χ0) is 15.1. The first-order valence-electron chi connectivity index (χ1n) is 6.93. The molecule has 1 atom stereocenters. The minimum Gasteiger partial charge on any atom is -0.465 e. The van der Waals surface area contributed by atoms with Crippen LogP contribution >= 0.6 is 11.3 Å². The summed E-state index contributed by atoms with van der Waals surface area (Å²) >= 11 is 1.16. The fourth-order valence-electron chi connectivity index (χ4n) is 1.87. The molecule has 4 nitrogen and oxygen atoms in total. The summed E-state index contributed by atoms with van der Waals surface area (Å²) in [5.74, 6) is 0.166. The Labute approximate surface area is 124 Å². The minimum atomic E-state index is -0.404. The SMILES string of the molecule is COC(=O)c1ccc(C(=O)NC(C)CCCC(C)C)s1. The molecule has 0 saturated heterocycles. The topological polar surface area (TPSA) is 55.4 Å². The highest BCUT2D eigenvalue weighted by Gasteiger charge is 2.15. The van der Waals surface area contributed by atoms with Crippen molar-refractivity contribution in [3.05, 3.63) is 21.9 Å². The Kier molecular flexibility index (Phi) is 6.71. The lowest BCUT2D eigenvalue weighted by Gasteiger charge is -2.13. The van der Waals surface area contributed by atoms with E-state index >= 15 is 0 Å². The van der Waals surface area contributed by atoms with Gasteiger partial charge in [0.05, 0.1) is 12.0 Å². The Morgan fingerprint density at radius 2 is 1.85 bits per heavy atom. The van der Waals surface area contributed by atoms with E-state index < -0.39 is 5.97 Å². The van der Waals surface area contributed by atoms with Crippen LogP contribution in [0.25, 0.3) is 0 Å². The van der Waals surface area contributed by atoms with Gasteiger partial charge in [-0.1, -0.05) is 26.7 Å². The molecule has 0 aliphatic heterocycles. The van der Waals surface area contributed by atoms with Gasteiger partial charge in [-0.25, -0.2) is 4.79 Å². The number of amides is 1. The van der Waals surface area contributed by atoms with E-state index in [2.05, 4.69) is 23.9 Å². The van der Waals surface area contributed by atoms with E-state index in [9.17, 15) is 9.59 Å². The Hall–Kier alpha value is -1.36. The van der Waals surface area contributed by atoms with Crippen LogP contribution in [0.3, 0.4) is 0 Å². The van der Waals surface area contributed by atoms with E-state index in [1.165, 1.54) is 13.5 Å². The molecule has 0 fully saturated rings. The summed E-state index contributed by atoms with van der Waals surface area (Å²) in [4.78, 5) is 24.3. The molecule has 1 amide bonds. The third-order valence-corrected chi connectivity index (χ3v) is 4.08. The molecule has 1 unspecified atom stereocenters. The standard InChI is InChI=1S/C15H23NO3S/c1-10(2)6-5-7-11(3)16-14(17)12-8-9-13(20-12)15(18)19-4/h8-11H,5-7H2,1-4H3,(H,16,17). The second-order valence-corrected chi connectivity index (χ2v) is 6.44. The molecule has 1 aromatic rings. The number of hydrogen-bond acceptors (Lipinski definition) is 4. The Morgan fingerprint density at radius 1 is 1.20 bits per heavy atom. The van der Waals surface area contributed by atoms with Crippen LogP contribution in [0.2, 0.25) is 0 Å². The molecule has 0 aromatic carbocycles. The van der Waals surface area contributed by atoms with Gasteiger partial charge in [-0.15, -0.1) is 11.3 Å². The van der Waals surface area contributed by atoms with Crippen LogP contribution in [0.1, 0.15) is 59.4 Å². The first-order chi connectivity index (χ1) is 9.43. The summed E-state index contributed by atoms with van der Waals surface area (Å²) in [6.07, 6.45) is 3.25. The van der Waals surface area contributed by atoms with Gasteiger partial charge in [0.1, 0.15) is 4.88 Å². The van der Waals surface area contributed by atoms with Gasteiger partial charge in [0, 0.05) is 6.04 Å². The summed E-state index contributed by atoms with van der Waals surface area (Å²) < 4.78 is 4.63. The number of ether oxygens (including phenoxy) is 1. The summed E-state index contributed by atoms with van der Waals surface area (Å²) in [6.45, 7) is 6.40. The molecule has 0 radical (unpaired) electrons. The number of hydrogen-bond donors (Lipinski definition) is 1. The third kappa shape index (κ3) is 5.33. The minimum absolute atomic E-state index is 0.123. The molecular weight excluding hydrogens is 274 g/mol. The summed E-state index contributed by atoms with van der Waals surface area (Å²) in [6, 6.07) is 3.42. The van der Waals surface area contributed by atoms with Crippen molar-refractivity contribution in [1.29, 1.82) is 0 Å². The second-order valence-electron chi connectivity index (χ2n) is 5.35. The molecule has 20 heavy (non-hydrogen) atoms. The maximum atomic E-state index is 12.0. The van der Waals surface area contributed by atoms with Gasteiger partial charge in [0.15, 0.2) is 0 Å². The number of rotatable bonds is 7. The molecule has 0 saturated carbocycles. The van der Waals surface area contributed by atoms with Crippen molar-refractivity contribution in [3.8, 4) is 0 Å². The van der Waals surface area contributed by atoms with E-state index in [-0.39, 0.29) is 11.9 Å². The van der Waals surface area contributed by atoms with Gasteiger partial charge in [-0.3, -0.25) is 4.79 Å². The number of carbonyl (C=O) groups excluding carboxylic acids is 2. The highest BCUT2D eigenvalue weighted by atomic mass is 32.1. The molecule has 0 aliphatic rings. The van der Waals surface area contributed by atoms with E-state index in [0.717, 1.165) is 24.2 Å². The molecular formula is C15H23NO3S. The van der Waals surface area contributed by atoms with Crippen molar-refractivity contribution in [1.82, 2.24) is 5.32 Å². The van der Waals surface area contributed by atoms with Crippen molar-refractivity contribution < 1.29 is 14.3 Å². The van der Waals surface area contributed by atoms with Gasteiger partial charge >= 0.3 is 5.97 Å². The Balaban J connectivity index is 2.45. The summed E-state index contributed by atoms with van der Waals surface area (Å²) in [5, 5.41) is 2.96. The number of carbonyl (C=O) groups is 2. The maximum Gasteiger partial charge on any atom is 0.348 e. The van der Waals surface area contributed by atoms with Crippen molar-refractivity contribution in [2.24, 2.45) is 5.92 Å². The summed E-state index contributed by atoms with van der Waals surface area (Å²) in [5.41, 5.74) is 0. The number of nitrogens with one attached hydrogen (secondary N) is 1. The van der Waals surface area contributed by atoms with Crippen LogP contribution in [0.4, 0.5) is 0 Å². The molecule has 112 valence electrons. The highest BCUT2D eigenvalue weighted by molar-refractivity contribution is 7.15. The number of thiophene rings is 1. The molecule has 1 N–H and O–H groups in total. The molecule has 0 bridgehead atoms. The fourth-order valence-corrected chi connectivity index (χ4v) is 2.70. The monoisotopic (exact) mass is 297 g/mol. The lowest BCUT2D eigenvalue weighted by atomic mass is 10.0. The lowest BCUT2D eigenvalue weighted by molar-refractivity contribution is 0.0606. The van der Waals surface area contributed by atoms with Crippen molar-refractivity contribution >= 4 is 23.2 Å². The Bertz CT molecular complexity index is 454. The van der Waals surface area contributed by atoms with Crippen molar-refractivity contribution in [2.45, 2.75) is 46.1 Å². The molecule has 0 spiro atoms. The van der Waals surface area contributed by atoms with E-state index in [1.807, 2.05) is 6.92 Å². The molecule has 5 heteroatoms. The predicted molar refractivity (Wildman–Crippen MR) is 81.3 cm³/mol. The average Bonchev–Trinajstić information content (AvgIpc) is 2.86. The van der Waals surface area contributed by atoms with E-state index in [4.69, 9.17) is 0 Å². The molecule has 1 aromatic heterocycles. The lowest BCUT2D eigenvalue weighted by Crippen LogP contribution is -2.31. The van der Waals surface area contributed by atoms with E-state index in [0.29, 0.717) is 15.7 Å². The van der Waals surface area contributed by atoms with Crippen LogP contribution in [0.5, 0.6) is 0 Å².